The largest absolute Gasteiger partial charge is 0.493 e. The molecule has 0 bridgehead atoms. The first-order valence-corrected chi connectivity index (χ1v) is 5.94. The average Bonchev–Trinajstić information content (AvgIpc) is 2.36. The molecular formula is C15H17NO3. The highest BCUT2D eigenvalue weighted by atomic mass is 16.5. The van der Waals surface area contributed by atoms with E-state index < -0.39 is 0 Å². The van der Waals surface area contributed by atoms with E-state index in [1.807, 2.05) is 26.0 Å². The van der Waals surface area contributed by atoms with Gasteiger partial charge in [-0.15, -0.1) is 0 Å². The van der Waals surface area contributed by atoms with E-state index in [0.29, 0.717) is 17.1 Å². The number of benzene rings is 1. The van der Waals surface area contributed by atoms with Gasteiger partial charge in [-0.25, -0.2) is 0 Å². The van der Waals surface area contributed by atoms with Crippen LogP contribution in [0.3, 0.4) is 0 Å². The summed E-state index contributed by atoms with van der Waals surface area (Å²) >= 11 is 0. The Balaban J connectivity index is 2.98. The van der Waals surface area contributed by atoms with E-state index in [1.165, 1.54) is 0 Å². The molecule has 0 atom stereocenters. The predicted octanol–water partition coefficient (Wildman–Crippen LogP) is 2.89. The Morgan fingerprint density at radius 3 is 2.16 bits per heavy atom. The van der Waals surface area contributed by atoms with Crippen LogP contribution in [0, 0.1) is 6.92 Å². The lowest BCUT2D eigenvalue weighted by molar-refractivity contribution is 0.356. The molecule has 1 heterocycles. The molecule has 1 N–H and O–H groups in total. The van der Waals surface area contributed by atoms with Gasteiger partial charge in [0.15, 0.2) is 11.5 Å². The number of nitrogens with one attached hydrogen (secondary N) is 1. The third-order valence-corrected chi connectivity index (χ3v) is 3.15. The molecule has 0 fully saturated rings. The molecule has 4 nitrogen and oxygen atoms in total. The number of aryl methyl sites for hydroxylation is 1. The number of hydrogen-bond donors (Lipinski definition) is 1. The fourth-order valence-electron chi connectivity index (χ4n) is 2.24. The maximum Gasteiger partial charge on any atom is 0.256 e. The minimum atomic E-state index is -0.135. The quantitative estimate of drug-likeness (QED) is 0.922. The van der Waals surface area contributed by atoms with E-state index in [4.69, 9.17) is 9.47 Å². The zero-order valence-corrected chi connectivity index (χ0v) is 11.6. The normalized spacial score (nSPS) is 10.5. The van der Waals surface area contributed by atoms with Crippen molar-refractivity contribution < 1.29 is 9.47 Å². The number of rotatable bonds is 3. The third kappa shape index (κ3) is 2.10. The number of pyridine rings is 1. The van der Waals surface area contributed by atoms with Crippen LogP contribution >= 0.6 is 0 Å². The highest BCUT2D eigenvalue weighted by Gasteiger charge is 2.14. The van der Waals surface area contributed by atoms with Gasteiger partial charge in [0, 0.05) is 16.5 Å². The van der Waals surface area contributed by atoms with Gasteiger partial charge in [0.2, 0.25) is 0 Å². The van der Waals surface area contributed by atoms with Gasteiger partial charge in [-0.2, -0.15) is 0 Å². The molecule has 0 aliphatic carbocycles. The molecule has 2 rings (SSSR count). The fraction of sp³-hybridized carbons (Fsp3) is 0.267. The van der Waals surface area contributed by atoms with Crippen molar-refractivity contribution in [2.24, 2.45) is 0 Å². The van der Waals surface area contributed by atoms with Crippen molar-refractivity contribution >= 4 is 16.3 Å². The van der Waals surface area contributed by atoms with Gasteiger partial charge in [-0.1, -0.05) is 6.58 Å². The minimum absolute atomic E-state index is 0.135. The van der Waals surface area contributed by atoms with Crippen molar-refractivity contribution in [3.05, 3.63) is 40.3 Å². The fourth-order valence-corrected chi connectivity index (χ4v) is 2.24. The Hall–Kier alpha value is -2.23. The summed E-state index contributed by atoms with van der Waals surface area (Å²) in [5.41, 5.74) is 1.97. The lowest BCUT2D eigenvalue weighted by Crippen LogP contribution is -2.13. The lowest BCUT2D eigenvalue weighted by Gasteiger charge is -2.13. The van der Waals surface area contributed by atoms with Crippen LogP contribution in [0.1, 0.15) is 18.2 Å². The first-order valence-electron chi connectivity index (χ1n) is 5.94. The van der Waals surface area contributed by atoms with E-state index in [0.717, 1.165) is 22.0 Å². The Morgan fingerprint density at radius 1 is 1.16 bits per heavy atom. The lowest BCUT2D eigenvalue weighted by atomic mass is 10.00. The second kappa shape index (κ2) is 4.80. The van der Waals surface area contributed by atoms with Crippen LogP contribution in [0.25, 0.3) is 16.3 Å². The first kappa shape index (κ1) is 13.2. The molecule has 1 aromatic heterocycles. The Labute approximate surface area is 111 Å². The second-order valence-corrected chi connectivity index (χ2v) is 4.49. The Morgan fingerprint density at radius 2 is 1.68 bits per heavy atom. The number of hydrogen-bond acceptors (Lipinski definition) is 3. The van der Waals surface area contributed by atoms with Crippen LogP contribution in [0.4, 0.5) is 0 Å². The van der Waals surface area contributed by atoms with Crippen LogP contribution in [-0.2, 0) is 0 Å². The third-order valence-electron chi connectivity index (χ3n) is 3.15. The zero-order chi connectivity index (χ0) is 14.2. The molecule has 0 radical (unpaired) electrons. The standard InChI is InChI=1S/C15H17NO3/c1-8(2)14-11-7-13(19-5)12(18-4)6-10(11)9(3)16-15(14)17/h6-7H,1H2,2-5H3,(H,16,17). The molecule has 0 unspecified atom stereocenters. The number of aromatic amines is 1. The van der Waals surface area contributed by atoms with Gasteiger partial charge >= 0.3 is 0 Å². The topological polar surface area (TPSA) is 51.3 Å². The Bertz CT molecular complexity index is 713. The van der Waals surface area contributed by atoms with Crippen LogP contribution in [0.15, 0.2) is 23.5 Å². The average molecular weight is 259 g/mol. The molecular weight excluding hydrogens is 242 g/mol. The molecule has 19 heavy (non-hydrogen) atoms. The molecule has 0 saturated heterocycles. The van der Waals surface area contributed by atoms with Crippen molar-refractivity contribution in [2.45, 2.75) is 13.8 Å². The summed E-state index contributed by atoms with van der Waals surface area (Å²) in [6, 6.07) is 3.69. The highest BCUT2D eigenvalue weighted by molar-refractivity contribution is 5.96. The minimum Gasteiger partial charge on any atom is -0.493 e. The van der Waals surface area contributed by atoms with Crippen LogP contribution in [-0.4, -0.2) is 19.2 Å². The summed E-state index contributed by atoms with van der Waals surface area (Å²) in [5, 5.41) is 1.75. The van der Waals surface area contributed by atoms with Crippen LogP contribution < -0.4 is 15.0 Å². The van der Waals surface area contributed by atoms with Gasteiger partial charge in [-0.3, -0.25) is 4.79 Å². The van der Waals surface area contributed by atoms with Gasteiger partial charge < -0.3 is 14.5 Å². The van der Waals surface area contributed by atoms with E-state index >= 15 is 0 Å². The summed E-state index contributed by atoms with van der Waals surface area (Å²) in [5.74, 6) is 1.24. The molecule has 0 aliphatic heterocycles. The molecule has 4 heteroatoms. The summed E-state index contributed by atoms with van der Waals surface area (Å²) in [7, 11) is 3.16. The van der Waals surface area contributed by atoms with Gasteiger partial charge in [0.1, 0.15) is 0 Å². The number of allylic oxidation sites excluding steroid dienone is 1. The number of H-pyrrole nitrogens is 1. The van der Waals surface area contributed by atoms with E-state index in [2.05, 4.69) is 11.6 Å². The Kier molecular flexibility index (Phi) is 3.34. The summed E-state index contributed by atoms with van der Waals surface area (Å²) < 4.78 is 10.6. The maximum atomic E-state index is 12.1. The number of ether oxygens (including phenoxy) is 2. The molecule has 0 aliphatic rings. The second-order valence-electron chi connectivity index (χ2n) is 4.49. The summed E-state index contributed by atoms with van der Waals surface area (Å²) in [4.78, 5) is 14.9. The molecule has 100 valence electrons. The maximum absolute atomic E-state index is 12.1. The predicted molar refractivity (Wildman–Crippen MR) is 77.1 cm³/mol. The van der Waals surface area contributed by atoms with E-state index in [1.54, 1.807) is 14.2 Å². The van der Waals surface area contributed by atoms with E-state index in [9.17, 15) is 4.79 Å². The summed E-state index contributed by atoms with van der Waals surface area (Å²) in [6.07, 6.45) is 0. The van der Waals surface area contributed by atoms with Gasteiger partial charge in [-0.05, 0) is 31.6 Å². The highest BCUT2D eigenvalue weighted by Crippen LogP contribution is 2.34. The number of methoxy groups -OCH3 is 2. The SMILES string of the molecule is C=C(C)c1c(=O)[nH]c(C)c2cc(OC)c(OC)cc12. The van der Waals surface area contributed by atoms with Crippen molar-refractivity contribution in [3.63, 3.8) is 0 Å². The van der Waals surface area contributed by atoms with Crippen molar-refractivity contribution in [2.75, 3.05) is 14.2 Å². The molecule has 1 aromatic carbocycles. The molecule has 0 spiro atoms. The molecule has 0 amide bonds. The summed E-state index contributed by atoms with van der Waals surface area (Å²) in [6.45, 7) is 7.55. The molecule has 0 saturated carbocycles. The smallest absolute Gasteiger partial charge is 0.256 e. The van der Waals surface area contributed by atoms with Crippen molar-refractivity contribution in [3.8, 4) is 11.5 Å². The number of aromatic nitrogens is 1. The van der Waals surface area contributed by atoms with Crippen molar-refractivity contribution in [1.29, 1.82) is 0 Å². The van der Waals surface area contributed by atoms with Crippen LogP contribution in [0.5, 0.6) is 11.5 Å². The van der Waals surface area contributed by atoms with Crippen LogP contribution in [0.2, 0.25) is 0 Å². The van der Waals surface area contributed by atoms with E-state index in [-0.39, 0.29) is 5.56 Å². The van der Waals surface area contributed by atoms with Crippen molar-refractivity contribution in [1.82, 2.24) is 4.98 Å². The first-order chi connectivity index (χ1) is 8.99. The zero-order valence-electron chi connectivity index (χ0n) is 11.6. The monoisotopic (exact) mass is 259 g/mol. The molecule has 2 aromatic rings. The number of fused-ring (bicyclic) bond motifs is 1. The van der Waals surface area contributed by atoms with Gasteiger partial charge in [0.05, 0.1) is 19.8 Å². The van der Waals surface area contributed by atoms with Gasteiger partial charge in [0.25, 0.3) is 5.56 Å².